The van der Waals surface area contributed by atoms with Crippen LogP contribution in [0.15, 0.2) is 0 Å². The Morgan fingerprint density at radius 2 is 1.94 bits per heavy atom. The van der Waals surface area contributed by atoms with Crippen LogP contribution in [0.1, 0.15) is 46.5 Å². The Balaban J connectivity index is 1.94. The maximum Gasteiger partial charge on any atom is 0.226 e. The first-order valence-corrected chi connectivity index (χ1v) is 7.11. The molecule has 3 nitrogen and oxygen atoms in total. The van der Waals surface area contributed by atoms with Gasteiger partial charge in [0.05, 0.1) is 0 Å². The average molecular weight is 238 g/mol. The minimum atomic E-state index is 0.266. The van der Waals surface area contributed by atoms with Crippen molar-refractivity contribution in [2.45, 2.75) is 58.5 Å². The monoisotopic (exact) mass is 238 g/mol. The van der Waals surface area contributed by atoms with Gasteiger partial charge in [0.2, 0.25) is 5.91 Å². The molecule has 2 saturated heterocycles. The molecule has 98 valence electrons. The number of piperidine rings is 2. The van der Waals surface area contributed by atoms with Crippen molar-refractivity contribution in [2.75, 3.05) is 13.1 Å². The molecule has 0 aromatic rings. The van der Waals surface area contributed by atoms with Crippen molar-refractivity contribution >= 4 is 5.91 Å². The molecule has 2 fully saturated rings. The van der Waals surface area contributed by atoms with E-state index in [0.717, 1.165) is 31.8 Å². The van der Waals surface area contributed by atoms with Crippen molar-refractivity contribution in [3.05, 3.63) is 0 Å². The molecule has 3 heteroatoms. The lowest BCUT2D eigenvalue weighted by molar-refractivity contribution is -0.140. The fourth-order valence-corrected chi connectivity index (χ4v) is 3.33. The van der Waals surface area contributed by atoms with Crippen molar-refractivity contribution in [1.82, 2.24) is 10.2 Å². The van der Waals surface area contributed by atoms with Crippen LogP contribution in [0.25, 0.3) is 0 Å². The molecular weight excluding hydrogens is 212 g/mol. The minimum absolute atomic E-state index is 0.266. The maximum atomic E-state index is 12.5. The Labute approximate surface area is 105 Å². The number of likely N-dealkylation sites (tertiary alicyclic amines) is 1. The molecular formula is C14H26N2O. The zero-order valence-electron chi connectivity index (χ0n) is 11.4. The van der Waals surface area contributed by atoms with Gasteiger partial charge in [0.25, 0.3) is 0 Å². The summed E-state index contributed by atoms with van der Waals surface area (Å²) in [5.41, 5.74) is 0. The summed E-state index contributed by atoms with van der Waals surface area (Å²) in [5.74, 6) is 1.46. The third kappa shape index (κ3) is 3.01. The van der Waals surface area contributed by atoms with Crippen LogP contribution in [0.3, 0.4) is 0 Å². The normalized spacial score (nSPS) is 39.1. The van der Waals surface area contributed by atoms with Crippen LogP contribution >= 0.6 is 0 Å². The molecule has 4 unspecified atom stereocenters. The minimum Gasteiger partial charge on any atom is -0.340 e. The number of hydrogen-bond donors (Lipinski definition) is 1. The smallest absolute Gasteiger partial charge is 0.226 e. The largest absolute Gasteiger partial charge is 0.340 e. The van der Waals surface area contributed by atoms with Crippen LogP contribution in [0.5, 0.6) is 0 Å². The van der Waals surface area contributed by atoms with Gasteiger partial charge in [0, 0.05) is 24.5 Å². The van der Waals surface area contributed by atoms with Gasteiger partial charge in [0.1, 0.15) is 0 Å². The summed E-state index contributed by atoms with van der Waals surface area (Å²) in [4.78, 5) is 14.7. The molecule has 17 heavy (non-hydrogen) atoms. The topological polar surface area (TPSA) is 32.3 Å². The third-order valence-electron chi connectivity index (χ3n) is 4.39. The van der Waals surface area contributed by atoms with E-state index in [1.807, 2.05) is 0 Å². The lowest BCUT2D eigenvalue weighted by Gasteiger charge is -2.40. The van der Waals surface area contributed by atoms with E-state index in [0.29, 0.717) is 18.0 Å². The summed E-state index contributed by atoms with van der Waals surface area (Å²) in [6, 6.07) is 0.938. The molecule has 1 N–H and O–H groups in total. The Hall–Kier alpha value is -0.570. The number of amides is 1. The van der Waals surface area contributed by atoms with Crippen molar-refractivity contribution in [1.29, 1.82) is 0 Å². The maximum absolute atomic E-state index is 12.5. The quantitative estimate of drug-likeness (QED) is 0.758. The van der Waals surface area contributed by atoms with Crippen LogP contribution in [0.2, 0.25) is 0 Å². The van der Waals surface area contributed by atoms with Crippen molar-refractivity contribution < 1.29 is 4.79 Å². The Kier molecular flexibility index (Phi) is 4.08. The zero-order valence-corrected chi connectivity index (χ0v) is 11.4. The van der Waals surface area contributed by atoms with E-state index in [9.17, 15) is 4.79 Å². The molecule has 0 bridgehead atoms. The van der Waals surface area contributed by atoms with Gasteiger partial charge < -0.3 is 10.2 Å². The molecule has 0 aliphatic carbocycles. The van der Waals surface area contributed by atoms with Crippen molar-refractivity contribution in [3.63, 3.8) is 0 Å². The second kappa shape index (κ2) is 5.38. The van der Waals surface area contributed by atoms with Crippen LogP contribution in [0.4, 0.5) is 0 Å². The van der Waals surface area contributed by atoms with Crippen LogP contribution in [0, 0.1) is 11.8 Å². The van der Waals surface area contributed by atoms with E-state index < -0.39 is 0 Å². The van der Waals surface area contributed by atoms with Gasteiger partial charge in [-0.25, -0.2) is 0 Å². The predicted octanol–water partition coefficient (Wildman–Crippen LogP) is 2.02. The number of rotatable bonds is 1. The highest BCUT2D eigenvalue weighted by atomic mass is 16.2. The highest BCUT2D eigenvalue weighted by Crippen LogP contribution is 2.26. The molecule has 2 aliphatic rings. The number of carbonyl (C=O) groups excluding carboxylic acids is 1. The fourth-order valence-electron chi connectivity index (χ4n) is 3.33. The van der Waals surface area contributed by atoms with E-state index in [-0.39, 0.29) is 5.92 Å². The van der Waals surface area contributed by atoms with Crippen molar-refractivity contribution in [2.24, 2.45) is 11.8 Å². The molecule has 2 heterocycles. The van der Waals surface area contributed by atoms with Crippen LogP contribution < -0.4 is 5.32 Å². The van der Waals surface area contributed by atoms with Gasteiger partial charge in [-0.15, -0.1) is 0 Å². The Morgan fingerprint density at radius 3 is 2.59 bits per heavy atom. The Bertz CT molecular complexity index is 279. The molecule has 2 aliphatic heterocycles. The predicted molar refractivity (Wildman–Crippen MR) is 69.8 cm³/mol. The van der Waals surface area contributed by atoms with E-state index in [4.69, 9.17) is 0 Å². The summed E-state index contributed by atoms with van der Waals surface area (Å²) >= 11 is 0. The molecule has 0 aromatic carbocycles. The summed E-state index contributed by atoms with van der Waals surface area (Å²) in [7, 11) is 0. The van der Waals surface area contributed by atoms with Gasteiger partial charge in [0.15, 0.2) is 0 Å². The molecule has 2 rings (SSSR count). The van der Waals surface area contributed by atoms with E-state index in [2.05, 4.69) is 31.0 Å². The van der Waals surface area contributed by atoms with Gasteiger partial charge in [-0.2, -0.15) is 0 Å². The summed E-state index contributed by atoms with van der Waals surface area (Å²) in [5, 5.41) is 3.42. The van der Waals surface area contributed by atoms with Crippen molar-refractivity contribution in [3.8, 4) is 0 Å². The first-order valence-electron chi connectivity index (χ1n) is 7.11. The van der Waals surface area contributed by atoms with Gasteiger partial charge in [-0.05, 0) is 52.0 Å². The fraction of sp³-hybridized carbons (Fsp3) is 0.929. The molecule has 4 atom stereocenters. The van der Waals surface area contributed by atoms with Gasteiger partial charge in [-0.3, -0.25) is 4.79 Å². The summed E-state index contributed by atoms with van der Waals surface area (Å²) in [6.07, 6.45) is 4.38. The Morgan fingerprint density at radius 1 is 1.18 bits per heavy atom. The molecule has 0 spiro atoms. The lowest BCUT2D eigenvalue weighted by Crippen LogP contribution is -2.49. The molecule has 0 radical (unpaired) electrons. The standard InChI is InChI=1S/C14H26N2O/c1-10-5-7-16(12(3)8-10)14(17)13-4-6-15-11(2)9-13/h10-13,15H,4-9H2,1-3H3. The SMILES string of the molecule is CC1CCN(C(=O)C2CCNC(C)C2)C(C)C1. The van der Waals surface area contributed by atoms with E-state index in [1.165, 1.54) is 12.8 Å². The molecule has 0 aromatic heterocycles. The number of hydrogen-bond acceptors (Lipinski definition) is 2. The van der Waals surface area contributed by atoms with Gasteiger partial charge >= 0.3 is 0 Å². The van der Waals surface area contributed by atoms with Crippen LogP contribution in [-0.4, -0.2) is 36.0 Å². The first-order chi connectivity index (χ1) is 8.08. The zero-order chi connectivity index (χ0) is 12.4. The summed E-state index contributed by atoms with van der Waals surface area (Å²) in [6.45, 7) is 8.65. The highest BCUT2D eigenvalue weighted by Gasteiger charge is 2.33. The van der Waals surface area contributed by atoms with E-state index in [1.54, 1.807) is 0 Å². The van der Waals surface area contributed by atoms with Gasteiger partial charge in [-0.1, -0.05) is 6.92 Å². The average Bonchev–Trinajstić information content (AvgIpc) is 2.28. The van der Waals surface area contributed by atoms with Crippen LogP contribution in [-0.2, 0) is 4.79 Å². The highest BCUT2D eigenvalue weighted by molar-refractivity contribution is 5.79. The molecule has 1 amide bonds. The van der Waals surface area contributed by atoms with E-state index >= 15 is 0 Å². The second-order valence-electron chi connectivity index (χ2n) is 6.09. The lowest BCUT2D eigenvalue weighted by atomic mass is 9.88. The number of nitrogens with one attached hydrogen (secondary N) is 1. The first kappa shape index (κ1) is 12.9. The molecule has 0 saturated carbocycles. The summed E-state index contributed by atoms with van der Waals surface area (Å²) < 4.78 is 0. The second-order valence-corrected chi connectivity index (χ2v) is 6.09. The third-order valence-corrected chi connectivity index (χ3v) is 4.39. The number of nitrogens with zero attached hydrogens (tertiary/aromatic N) is 1. The number of carbonyl (C=O) groups is 1.